The van der Waals surface area contributed by atoms with Crippen LogP contribution < -0.4 is 5.73 Å². The van der Waals surface area contributed by atoms with Gasteiger partial charge in [0.05, 0.1) is 0 Å². The molecule has 0 aromatic heterocycles. The Morgan fingerprint density at radius 3 is 1.88 bits per heavy atom. The summed E-state index contributed by atoms with van der Waals surface area (Å²) in [6.45, 7) is 5.21. The van der Waals surface area contributed by atoms with E-state index in [9.17, 15) is 9.59 Å². The molecule has 0 spiro atoms. The lowest BCUT2D eigenvalue weighted by Gasteiger charge is -2.18. The topological polar surface area (TPSA) is 63.4 Å². The second-order valence-corrected chi connectivity index (χ2v) is 3.42. The fourth-order valence-electron chi connectivity index (χ4n) is 1.47. The molecule has 0 bridgehead atoms. The fraction of sp³-hybridized carbons (Fsp3) is 0.333. The van der Waals surface area contributed by atoms with Crippen LogP contribution in [-0.2, 0) is 0 Å². The average molecular weight is 220 g/mol. The lowest BCUT2D eigenvalue weighted by atomic mass is 10.1. The summed E-state index contributed by atoms with van der Waals surface area (Å²) in [7, 11) is 0. The van der Waals surface area contributed by atoms with E-state index in [1.54, 1.807) is 29.2 Å². The number of nitrogens with zero attached hydrogens (tertiary/aromatic N) is 1. The first-order chi connectivity index (χ1) is 7.60. The van der Waals surface area contributed by atoms with E-state index in [0.29, 0.717) is 24.2 Å². The van der Waals surface area contributed by atoms with Gasteiger partial charge in [0.15, 0.2) is 0 Å². The summed E-state index contributed by atoms with van der Waals surface area (Å²) in [5, 5.41) is 0. The van der Waals surface area contributed by atoms with E-state index in [0.717, 1.165) is 0 Å². The minimum absolute atomic E-state index is 0.0268. The van der Waals surface area contributed by atoms with Gasteiger partial charge in [0.25, 0.3) is 5.91 Å². The van der Waals surface area contributed by atoms with Gasteiger partial charge in [-0.3, -0.25) is 9.59 Å². The molecule has 0 atom stereocenters. The van der Waals surface area contributed by atoms with Crippen molar-refractivity contribution in [2.75, 3.05) is 13.1 Å². The van der Waals surface area contributed by atoms with E-state index in [4.69, 9.17) is 5.73 Å². The van der Waals surface area contributed by atoms with Crippen LogP contribution >= 0.6 is 0 Å². The van der Waals surface area contributed by atoms with Gasteiger partial charge in [-0.25, -0.2) is 0 Å². The molecule has 16 heavy (non-hydrogen) atoms. The first-order valence-corrected chi connectivity index (χ1v) is 5.29. The molecule has 0 saturated carbocycles. The van der Waals surface area contributed by atoms with Crippen LogP contribution in [0.15, 0.2) is 24.3 Å². The molecular weight excluding hydrogens is 204 g/mol. The summed E-state index contributed by atoms with van der Waals surface area (Å²) >= 11 is 0. The fourth-order valence-corrected chi connectivity index (χ4v) is 1.47. The van der Waals surface area contributed by atoms with Crippen LogP contribution in [0.25, 0.3) is 0 Å². The zero-order valence-electron chi connectivity index (χ0n) is 9.56. The molecule has 2 N–H and O–H groups in total. The summed E-state index contributed by atoms with van der Waals surface area (Å²) in [5.74, 6) is -0.511. The maximum Gasteiger partial charge on any atom is 0.253 e. The molecule has 0 radical (unpaired) electrons. The van der Waals surface area contributed by atoms with Crippen molar-refractivity contribution in [3.05, 3.63) is 35.4 Å². The Morgan fingerprint density at radius 1 is 1.06 bits per heavy atom. The molecule has 86 valence electrons. The Labute approximate surface area is 95.0 Å². The molecule has 4 nitrogen and oxygen atoms in total. The molecule has 0 heterocycles. The molecule has 4 heteroatoms. The average Bonchev–Trinajstić information content (AvgIpc) is 2.30. The second kappa shape index (κ2) is 5.30. The standard InChI is InChI=1S/C12H16N2O2/c1-3-14(4-2)12(16)10-7-5-9(6-8-10)11(13)15/h5-8H,3-4H2,1-2H3,(H2,13,15). The summed E-state index contributed by atoms with van der Waals surface area (Å²) in [5.41, 5.74) is 6.11. The van der Waals surface area contributed by atoms with Gasteiger partial charge in [-0.1, -0.05) is 0 Å². The first kappa shape index (κ1) is 12.2. The largest absolute Gasteiger partial charge is 0.366 e. The highest BCUT2D eigenvalue weighted by Gasteiger charge is 2.12. The number of nitrogens with two attached hydrogens (primary N) is 1. The van der Waals surface area contributed by atoms with E-state index in [1.165, 1.54) is 0 Å². The predicted molar refractivity (Wildman–Crippen MR) is 62.2 cm³/mol. The number of rotatable bonds is 4. The number of primary amides is 1. The zero-order chi connectivity index (χ0) is 12.1. The van der Waals surface area contributed by atoms with Crippen molar-refractivity contribution in [3.63, 3.8) is 0 Å². The van der Waals surface area contributed by atoms with Crippen molar-refractivity contribution in [2.45, 2.75) is 13.8 Å². The normalized spacial score (nSPS) is 9.88. The van der Waals surface area contributed by atoms with Gasteiger partial charge in [-0.15, -0.1) is 0 Å². The maximum atomic E-state index is 11.9. The van der Waals surface area contributed by atoms with Crippen LogP contribution in [0.2, 0.25) is 0 Å². The van der Waals surface area contributed by atoms with Crippen molar-refractivity contribution in [2.24, 2.45) is 5.73 Å². The van der Waals surface area contributed by atoms with E-state index in [1.807, 2.05) is 13.8 Å². The van der Waals surface area contributed by atoms with Crippen LogP contribution in [0.4, 0.5) is 0 Å². The van der Waals surface area contributed by atoms with Gasteiger partial charge >= 0.3 is 0 Å². The Hall–Kier alpha value is -1.84. The van der Waals surface area contributed by atoms with E-state index in [-0.39, 0.29) is 5.91 Å². The molecular formula is C12H16N2O2. The molecule has 0 aliphatic heterocycles. The number of hydrogen-bond donors (Lipinski definition) is 1. The van der Waals surface area contributed by atoms with Gasteiger partial charge in [0, 0.05) is 24.2 Å². The quantitative estimate of drug-likeness (QED) is 0.830. The molecule has 0 aliphatic carbocycles. The Balaban J connectivity index is 2.89. The first-order valence-electron chi connectivity index (χ1n) is 5.29. The van der Waals surface area contributed by atoms with Crippen molar-refractivity contribution >= 4 is 11.8 Å². The Bertz CT molecular complexity index is 381. The number of carbonyl (C=O) groups excluding carboxylic acids is 2. The molecule has 1 aromatic rings. The van der Waals surface area contributed by atoms with Gasteiger partial charge < -0.3 is 10.6 Å². The van der Waals surface area contributed by atoms with Gasteiger partial charge in [-0.2, -0.15) is 0 Å². The third kappa shape index (κ3) is 2.59. The minimum atomic E-state index is -0.484. The molecule has 1 aromatic carbocycles. The number of hydrogen-bond acceptors (Lipinski definition) is 2. The van der Waals surface area contributed by atoms with E-state index in [2.05, 4.69) is 0 Å². The lowest BCUT2D eigenvalue weighted by Crippen LogP contribution is -2.30. The minimum Gasteiger partial charge on any atom is -0.366 e. The molecule has 0 fully saturated rings. The molecule has 0 saturated heterocycles. The smallest absolute Gasteiger partial charge is 0.253 e. The Kier molecular flexibility index (Phi) is 4.05. The third-order valence-corrected chi connectivity index (χ3v) is 2.47. The summed E-state index contributed by atoms with van der Waals surface area (Å²) in [6.07, 6.45) is 0. The van der Waals surface area contributed by atoms with Crippen molar-refractivity contribution in [1.29, 1.82) is 0 Å². The van der Waals surface area contributed by atoms with Crippen LogP contribution in [0, 0.1) is 0 Å². The number of carbonyl (C=O) groups is 2. The molecule has 2 amide bonds. The van der Waals surface area contributed by atoms with Crippen LogP contribution in [0.3, 0.4) is 0 Å². The van der Waals surface area contributed by atoms with E-state index < -0.39 is 5.91 Å². The van der Waals surface area contributed by atoms with Crippen LogP contribution in [0.1, 0.15) is 34.6 Å². The summed E-state index contributed by atoms with van der Waals surface area (Å²) in [4.78, 5) is 24.5. The third-order valence-electron chi connectivity index (χ3n) is 2.47. The second-order valence-electron chi connectivity index (χ2n) is 3.42. The zero-order valence-corrected chi connectivity index (χ0v) is 9.56. The highest BCUT2D eigenvalue weighted by Crippen LogP contribution is 2.07. The summed E-state index contributed by atoms with van der Waals surface area (Å²) in [6, 6.07) is 6.39. The molecule has 0 aliphatic rings. The lowest BCUT2D eigenvalue weighted by molar-refractivity contribution is 0.0772. The number of amides is 2. The SMILES string of the molecule is CCN(CC)C(=O)c1ccc(C(N)=O)cc1. The van der Waals surface area contributed by atoms with Crippen molar-refractivity contribution in [1.82, 2.24) is 4.90 Å². The van der Waals surface area contributed by atoms with E-state index >= 15 is 0 Å². The highest BCUT2D eigenvalue weighted by atomic mass is 16.2. The van der Waals surface area contributed by atoms with Crippen molar-refractivity contribution in [3.8, 4) is 0 Å². The number of benzene rings is 1. The van der Waals surface area contributed by atoms with Gasteiger partial charge in [0.1, 0.15) is 0 Å². The van der Waals surface area contributed by atoms with Crippen LogP contribution in [0.5, 0.6) is 0 Å². The monoisotopic (exact) mass is 220 g/mol. The van der Waals surface area contributed by atoms with Crippen molar-refractivity contribution < 1.29 is 9.59 Å². The van der Waals surface area contributed by atoms with Gasteiger partial charge in [0.2, 0.25) is 5.91 Å². The summed E-state index contributed by atoms with van der Waals surface area (Å²) < 4.78 is 0. The maximum absolute atomic E-state index is 11.9. The molecule has 1 rings (SSSR count). The molecule has 0 unspecified atom stereocenters. The Morgan fingerprint density at radius 2 is 1.50 bits per heavy atom. The van der Waals surface area contributed by atoms with Gasteiger partial charge in [-0.05, 0) is 38.1 Å². The predicted octanol–water partition coefficient (Wildman–Crippen LogP) is 1.27. The van der Waals surface area contributed by atoms with Crippen LogP contribution in [-0.4, -0.2) is 29.8 Å². The highest BCUT2D eigenvalue weighted by molar-refractivity contribution is 5.97.